The molecule has 12 nitrogen and oxygen atoms in total. The number of halogens is 1. The summed E-state index contributed by atoms with van der Waals surface area (Å²) < 4.78 is 7.77. The number of non-ortho nitro benzene ring substituents is 1. The summed E-state index contributed by atoms with van der Waals surface area (Å²) in [5.41, 5.74) is 4.28. The van der Waals surface area contributed by atoms with Crippen LogP contribution in [0.4, 0.5) is 5.69 Å². The molecule has 1 aliphatic rings. The predicted octanol–water partition coefficient (Wildman–Crippen LogP) is 6.24. The van der Waals surface area contributed by atoms with Crippen LogP contribution < -0.4 is 5.32 Å². The summed E-state index contributed by atoms with van der Waals surface area (Å²) in [6.45, 7) is 2.00. The first kappa shape index (κ1) is 30.9. The molecule has 0 saturated carbocycles. The van der Waals surface area contributed by atoms with Gasteiger partial charge in [-0.25, -0.2) is 5.01 Å². The van der Waals surface area contributed by atoms with Crippen LogP contribution in [0.2, 0.25) is 0 Å². The molecule has 46 heavy (non-hydrogen) atoms. The minimum atomic E-state index is -0.488. The highest BCUT2D eigenvalue weighted by Gasteiger charge is 2.33. The van der Waals surface area contributed by atoms with E-state index in [2.05, 4.69) is 31.4 Å². The van der Waals surface area contributed by atoms with Gasteiger partial charge in [0.15, 0.2) is 16.7 Å². The Hall–Kier alpha value is -5.08. The van der Waals surface area contributed by atoms with Crippen LogP contribution in [0.5, 0.6) is 0 Å². The molecule has 14 heteroatoms. The number of hydrogen-bond acceptors (Lipinski definition) is 9. The Morgan fingerprint density at radius 2 is 1.78 bits per heavy atom. The summed E-state index contributed by atoms with van der Waals surface area (Å²) in [6.07, 6.45) is 1.95. The number of aryl methyl sites for hydroxylation is 1. The number of carbonyl (C=O) groups is 2. The number of carbonyl (C=O) groups excluding carboxylic acids is 2. The van der Waals surface area contributed by atoms with Crippen molar-refractivity contribution in [1.82, 2.24) is 25.1 Å². The molecule has 0 aliphatic carbocycles. The molecule has 0 saturated heterocycles. The second-order valence-electron chi connectivity index (χ2n) is 10.4. The van der Waals surface area contributed by atoms with Crippen LogP contribution in [0, 0.1) is 17.0 Å². The third-order valence-electron chi connectivity index (χ3n) is 7.30. The Balaban J connectivity index is 1.26. The van der Waals surface area contributed by atoms with Gasteiger partial charge in [-0.15, -0.1) is 10.2 Å². The first-order chi connectivity index (χ1) is 22.3. The molecule has 3 heterocycles. The number of aromatic nitrogens is 3. The van der Waals surface area contributed by atoms with E-state index in [1.807, 2.05) is 55.5 Å². The van der Waals surface area contributed by atoms with Crippen LogP contribution in [0.25, 0.3) is 5.69 Å². The van der Waals surface area contributed by atoms with Crippen molar-refractivity contribution in [2.75, 3.05) is 5.75 Å². The van der Waals surface area contributed by atoms with Crippen molar-refractivity contribution < 1.29 is 18.9 Å². The average Bonchev–Trinajstić information content (AvgIpc) is 3.84. The number of nitrogens with zero attached hydrogens (tertiary/aromatic N) is 6. The summed E-state index contributed by atoms with van der Waals surface area (Å²) in [7, 11) is 0. The summed E-state index contributed by atoms with van der Waals surface area (Å²) in [5, 5.41) is 29.2. The molecule has 0 bridgehead atoms. The van der Waals surface area contributed by atoms with Gasteiger partial charge in [-0.3, -0.25) is 24.3 Å². The van der Waals surface area contributed by atoms with E-state index < -0.39 is 10.8 Å². The van der Waals surface area contributed by atoms with Crippen molar-refractivity contribution in [1.29, 1.82) is 0 Å². The summed E-state index contributed by atoms with van der Waals surface area (Å²) in [5.74, 6) is -0.184. The zero-order valence-electron chi connectivity index (χ0n) is 24.4. The van der Waals surface area contributed by atoms with E-state index in [-0.39, 0.29) is 35.7 Å². The minimum absolute atomic E-state index is 0.0106. The summed E-state index contributed by atoms with van der Waals surface area (Å²) in [4.78, 5) is 37.1. The van der Waals surface area contributed by atoms with Gasteiger partial charge in [0.1, 0.15) is 0 Å². The van der Waals surface area contributed by atoms with E-state index in [9.17, 15) is 19.7 Å². The van der Waals surface area contributed by atoms with Crippen LogP contribution in [-0.4, -0.2) is 48.0 Å². The topological polar surface area (TPSA) is 149 Å². The van der Waals surface area contributed by atoms with Gasteiger partial charge >= 0.3 is 0 Å². The van der Waals surface area contributed by atoms with Crippen LogP contribution in [0.1, 0.15) is 45.5 Å². The Kier molecular flexibility index (Phi) is 9.08. The molecule has 1 atom stereocenters. The lowest BCUT2D eigenvalue weighted by Gasteiger charge is -2.22. The van der Waals surface area contributed by atoms with Gasteiger partial charge < -0.3 is 9.73 Å². The van der Waals surface area contributed by atoms with E-state index in [1.165, 1.54) is 29.5 Å². The highest BCUT2D eigenvalue weighted by Crippen LogP contribution is 2.34. The van der Waals surface area contributed by atoms with Gasteiger partial charge in [0.2, 0.25) is 0 Å². The van der Waals surface area contributed by atoms with Crippen LogP contribution >= 0.6 is 27.7 Å². The number of nitro benzene ring substituents is 1. The van der Waals surface area contributed by atoms with Crippen LogP contribution in [0.3, 0.4) is 0 Å². The molecule has 0 unspecified atom stereocenters. The van der Waals surface area contributed by atoms with Crippen molar-refractivity contribution >= 4 is 50.9 Å². The predicted molar refractivity (Wildman–Crippen MR) is 175 cm³/mol. The second kappa shape index (κ2) is 13.5. The van der Waals surface area contributed by atoms with Crippen LogP contribution in [-0.2, 0) is 11.3 Å². The molecular formula is C32H26BrN7O5S. The fourth-order valence-corrected chi connectivity index (χ4v) is 6.03. The van der Waals surface area contributed by atoms with Crippen molar-refractivity contribution in [2.45, 2.75) is 31.1 Å². The quantitative estimate of drug-likeness (QED) is 0.102. The number of thioether (sulfide) groups is 1. The molecule has 1 N–H and O–H groups in total. The molecule has 5 aromatic rings. The van der Waals surface area contributed by atoms with Crippen LogP contribution in [0.15, 0.2) is 110 Å². The van der Waals surface area contributed by atoms with E-state index >= 15 is 0 Å². The lowest BCUT2D eigenvalue weighted by atomic mass is 9.98. The number of nitro groups is 1. The number of furan rings is 1. The standard InChI is InChI=1S/C32H26BrN7O5S/c1-20-4-6-22(7-5-20)27-17-26(21-8-10-23(33)11-9-21)37-39(27)30(41)19-46-32-36-35-29(18-34-31(42)28-3-2-16-45-28)38(32)24-12-14-25(15-13-24)40(43)44/h2-16,27H,17-19H2,1H3,(H,34,42)/t27-/m1/s1. The number of amides is 2. The number of benzene rings is 3. The van der Waals surface area contributed by atoms with Crippen molar-refractivity contribution in [3.8, 4) is 5.69 Å². The van der Waals surface area contributed by atoms with Gasteiger partial charge in [-0.2, -0.15) is 5.10 Å². The third-order valence-corrected chi connectivity index (χ3v) is 8.74. The van der Waals surface area contributed by atoms with Crippen molar-refractivity contribution in [2.24, 2.45) is 5.10 Å². The maximum absolute atomic E-state index is 13.8. The number of nitrogens with one attached hydrogen (secondary N) is 1. The zero-order valence-corrected chi connectivity index (χ0v) is 26.8. The van der Waals surface area contributed by atoms with Crippen molar-refractivity contribution in [3.05, 3.63) is 134 Å². The van der Waals surface area contributed by atoms with Gasteiger partial charge in [-0.05, 0) is 54.4 Å². The smallest absolute Gasteiger partial charge is 0.287 e. The molecule has 0 radical (unpaired) electrons. The normalized spacial score (nSPS) is 14.3. The Bertz CT molecular complexity index is 1910. The average molecular weight is 701 g/mol. The largest absolute Gasteiger partial charge is 0.459 e. The lowest BCUT2D eigenvalue weighted by Crippen LogP contribution is -2.28. The van der Waals surface area contributed by atoms with Gasteiger partial charge in [0.05, 0.1) is 35.2 Å². The molecule has 3 aromatic carbocycles. The molecule has 0 spiro atoms. The maximum atomic E-state index is 13.8. The maximum Gasteiger partial charge on any atom is 0.287 e. The summed E-state index contributed by atoms with van der Waals surface area (Å²) >= 11 is 4.63. The van der Waals surface area contributed by atoms with Crippen molar-refractivity contribution in [3.63, 3.8) is 0 Å². The van der Waals surface area contributed by atoms with Gasteiger partial charge in [-0.1, -0.05) is 69.7 Å². The summed E-state index contributed by atoms with van der Waals surface area (Å²) in [6, 6.07) is 24.6. The van der Waals surface area contributed by atoms with Gasteiger partial charge in [0.25, 0.3) is 17.5 Å². The highest BCUT2D eigenvalue weighted by atomic mass is 79.9. The van der Waals surface area contributed by atoms with E-state index in [0.717, 1.165) is 38.6 Å². The fraction of sp³-hybridized carbons (Fsp3) is 0.156. The molecule has 2 aromatic heterocycles. The lowest BCUT2D eigenvalue weighted by molar-refractivity contribution is -0.384. The highest BCUT2D eigenvalue weighted by molar-refractivity contribution is 9.10. The fourth-order valence-electron chi connectivity index (χ4n) is 4.94. The number of hydrazone groups is 1. The Morgan fingerprint density at radius 3 is 2.46 bits per heavy atom. The molecule has 1 aliphatic heterocycles. The second-order valence-corrected chi connectivity index (χ2v) is 12.2. The first-order valence-corrected chi connectivity index (χ1v) is 15.9. The van der Waals surface area contributed by atoms with E-state index in [0.29, 0.717) is 23.1 Å². The SMILES string of the molecule is Cc1ccc([C@H]2CC(c3ccc(Br)cc3)=NN2C(=O)CSc2nnc(CNC(=O)c3ccco3)n2-c2ccc([N+](=O)[O-])cc2)cc1. The Morgan fingerprint density at radius 1 is 1.04 bits per heavy atom. The molecule has 6 rings (SSSR count). The first-order valence-electron chi connectivity index (χ1n) is 14.1. The number of hydrogen-bond donors (Lipinski definition) is 1. The monoisotopic (exact) mass is 699 g/mol. The Labute approximate surface area is 275 Å². The van der Waals surface area contributed by atoms with Gasteiger partial charge in [0, 0.05) is 28.7 Å². The molecular weight excluding hydrogens is 674 g/mol. The molecule has 2 amide bonds. The minimum Gasteiger partial charge on any atom is -0.459 e. The zero-order chi connectivity index (χ0) is 32.2. The molecule has 232 valence electrons. The molecule has 0 fully saturated rings. The number of rotatable bonds is 10. The van der Waals surface area contributed by atoms with E-state index in [1.54, 1.807) is 22.8 Å². The third kappa shape index (κ3) is 6.77. The van der Waals surface area contributed by atoms with E-state index in [4.69, 9.17) is 9.52 Å².